The number of amides is 1. The summed E-state index contributed by atoms with van der Waals surface area (Å²) in [6, 6.07) is 10.5. The first-order valence-corrected chi connectivity index (χ1v) is 9.76. The minimum absolute atomic E-state index is 0.0197. The summed E-state index contributed by atoms with van der Waals surface area (Å²) >= 11 is 0. The van der Waals surface area contributed by atoms with E-state index in [9.17, 15) is 18.0 Å². The van der Waals surface area contributed by atoms with Gasteiger partial charge >= 0.3 is 6.18 Å². The van der Waals surface area contributed by atoms with Gasteiger partial charge in [0.25, 0.3) is 0 Å². The Balaban J connectivity index is 1.43. The fraction of sp³-hybridized carbons (Fsp3) is 0.409. The maximum absolute atomic E-state index is 12.7. The highest BCUT2D eigenvalue weighted by Crippen LogP contribution is 2.40. The lowest BCUT2D eigenvalue weighted by Crippen LogP contribution is -2.45. The Morgan fingerprint density at radius 3 is 2.40 bits per heavy atom. The number of carbonyl (C=O) groups excluding carboxylic acids is 1. The van der Waals surface area contributed by atoms with Gasteiger partial charge in [0, 0.05) is 25.2 Å². The van der Waals surface area contributed by atoms with E-state index in [2.05, 4.69) is 5.32 Å². The average Bonchev–Trinajstić information content (AvgIpc) is 3.21. The van der Waals surface area contributed by atoms with Crippen molar-refractivity contribution in [2.45, 2.75) is 30.9 Å². The van der Waals surface area contributed by atoms with Crippen molar-refractivity contribution < 1.29 is 32.2 Å². The molecule has 1 N–H and O–H groups in total. The second-order valence-electron chi connectivity index (χ2n) is 7.61. The SMILES string of the molecule is O=C(Cc1ccc(C(F)(F)F)cc1)NCC1(c2ccc3c(c2)OCO3)CCOCC1. The van der Waals surface area contributed by atoms with E-state index in [4.69, 9.17) is 14.2 Å². The number of hydrogen-bond acceptors (Lipinski definition) is 4. The standard InChI is InChI=1S/C22H22F3NO4/c23-22(24,25)16-3-1-15(2-4-16)11-20(27)26-13-21(7-9-28-10-8-21)17-5-6-18-19(12-17)30-14-29-18/h1-6,12H,7-11,13-14H2,(H,26,27). The maximum atomic E-state index is 12.7. The molecule has 1 saturated heterocycles. The average molecular weight is 421 g/mol. The lowest BCUT2D eigenvalue weighted by Gasteiger charge is -2.38. The maximum Gasteiger partial charge on any atom is 0.416 e. The molecule has 2 aliphatic heterocycles. The van der Waals surface area contributed by atoms with Crippen LogP contribution in [0.25, 0.3) is 0 Å². The third kappa shape index (κ3) is 4.38. The van der Waals surface area contributed by atoms with Crippen LogP contribution in [-0.2, 0) is 27.5 Å². The third-order valence-corrected chi connectivity index (χ3v) is 5.70. The van der Waals surface area contributed by atoms with Gasteiger partial charge in [0.1, 0.15) is 0 Å². The number of nitrogens with one attached hydrogen (secondary N) is 1. The van der Waals surface area contributed by atoms with Crippen LogP contribution in [-0.4, -0.2) is 32.5 Å². The summed E-state index contributed by atoms with van der Waals surface area (Å²) in [6.45, 7) is 1.78. The fourth-order valence-electron chi connectivity index (χ4n) is 3.88. The van der Waals surface area contributed by atoms with Gasteiger partial charge in [0.15, 0.2) is 11.5 Å². The molecule has 0 atom stereocenters. The van der Waals surface area contributed by atoms with Crippen LogP contribution in [0.1, 0.15) is 29.5 Å². The molecule has 2 heterocycles. The molecule has 2 aromatic carbocycles. The van der Waals surface area contributed by atoms with Crippen LogP contribution in [0.2, 0.25) is 0 Å². The molecule has 2 aromatic rings. The molecule has 0 radical (unpaired) electrons. The minimum atomic E-state index is -4.39. The lowest BCUT2D eigenvalue weighted by atomic mass is 9.74. The van der Waals surface area contributed by atoms with E-state index in [1.165, 1.54) is 12.1 Å². The molecule has 5 nitrogen and oxygen atoms in total. The zero-order valence-corrected chi connectivity index (χ0v) is 16.3. The van der Waals surface area contributed by atoms with E-state index in [0.29, 0.717) is 36.8 Å². The van der Waals surface area contributed by atoms with Gasteiger partial charge < -0.3 is 19.5 Å². The number of rotatable bonds is 5. The first-order valence-electron chi connectivity index (χ1n) is 9.76. The number of ether oxygens (including phenoxy) is 3. The number of benzene rings is 2. The summed E-state index contributed by atoms with van der Waals surface area (Å²) in [6.07, 6.45) is -2.88. The molecule has 0 aromatic heterocycles. The normalized spacial score (nSPS) is 17.6. The zero-order chi connectivity index (χ0) is 21.2. The minimum Gasteiger partial charge on any atom is -0.454 e. The molecule has 1 fully saturated rings. The van der Waals surface area contributed by atoms with E-state index >= 15 is 0 Å². The monoisotopic (exact) mass is 421 g/mol. The van der Waals surface area contributed by atoms with Crippen molar-refractivity contribution in [1.29, 1.82) is 0 Å². The van der Waals surface area contributed by atoms with Crippen molar-refractivity contribution in [1.82, 2.24) is 5.32 Å². The van der Waals surface area contributed by atoms with Crippen molar-refractivity contribution in [3.63, 3.8) is 0 Å². The van der Waals surface area contributed by atoms with Crippen LogP contribution in [0.3, 0.4) is 0 Å². The van der Waals surface area contributed by atoms with Crippen LogP contribution < -0.4 is 14.8 Å². The summed E-state index contributed by atoms with van der Waals surface area (Å²) in [5.41, 5.74) is 0.555. The van der Waals surface area contributed by atoms with E-state index in [1.807, 2.05) is 18.2 Å². The van der Waals surface area contributed by atoms with Crippen molar-refractivity contribution in [3.8, 4) is 11.5 Å². The molecule has 0 bridgehead atoms. The first-order chi connectivity index (χ1) is 14.4. The van der Waals surface area contributed by atoms with E-state index < -0.39 is 11.7 Å². The second-order valence-corrected chi connectivity index (χ2v) is 7.61. The molecular weight excluding hydrogens is 399 g/mol. The predicted octanol–water partition coefficient (Wildman–Crippen LogP) is 3.84. The molecule has 8 heteroatoms. The van der Waals surface area contributed by atoms with Gasteiger partial charge in [0.05, 0.1) is 12.0 Å². The molecular formula is C22H22F3NO4. The summed E-state index contributed by atoms with van der Waals surface area (Å²) in [5, 5.41) is 2.96. The van der Waals surface area contributed by atoms with Crippen molar-refractivity contribution in [2.24, 2.45) is 0 Å². The highest BCUT2D eigenvalue weighted by atomic mass is 19.4. The molecule has 2 aliphatic rings. The Hall–Kier alpha value is -2.74. The van der Waals surface area contributed by atoms with Gasteiger partial charge in [-0.15, -0.1) is 0 Å². The Bertz CT molecular complexity index is 906. The van der Waals surface area contributed by atoms with Crippen molar-refractivity contribution >= 4 is 5.91 Å². The molecule has 0 unspecified atom stereocenters. The Kier molecular flexibility index (Phi) is 5.60. The van der Waals surface area contributed by atoms with E-state index in [1.54, 1.807) is 0 Å². The fourth-order valence-corrected chi connectivity index (χ4v) is 3.88. The van der Waals surface area contributed by atoms with E-state index in [0.717, 1.165) is 30.5 Å². The smallest absolute Gasteiger partial charge is 0.416 e. The number of carbonyl (C=O) groups is 1. The Morgan fingerprint density at radius 1 is 1.00 bits per heavy atom. The lowest BCUT2D eigenvalue weighted by molar-refractivity contribution is -0.137. The summed E-state index contributed by atoms with van der Waals surface area (Å²) < 4.78 is 54.5. The van der Waals surface area contributed by atoms with Crippen LogP contribution in [0, 0.1) is 0 Å². The van der Waals surface area contributed by atoms with Gasteiger partial charge in [-0.2, -0.15) is 13.2 Å². The summed E-state index contributed by atoms with van der Waals surface area (Å²) in [4.78, 5) is 12.5. The second kappa shape index (κ2) is 8.18. The number of fused-ring (bicyclic) bond motifs is 1. The third-order valence-electron chi connectivity index (χ3n) is 5.70. The molecule has 4 rings (SSSR count). The zero-order valence-electron chi connectivity index (χ0n) is 16.3. The van der Waals surface area contributed by atoms with Gasteiger partial charge in [-0.05, 0) is 48.2 Å². The first kappa shape index (κ1) is 20.5. The molecule has 0 aliphatic carbocycles. The summed E-state index contributed by atoms with van der Waals surface area (Å²) in [5.74, 6) is 1.16. The van der Waals surface area contributed by atoms with Crippen molar-refractivity contribution in [2.75, 3.05) is 26.6 Å². The quantitative estimate of drug-likeness (QED) is 0.797. The van der Waals surface area contributed by atoms with Crippen LogP contribution >= 0.6 is 0 Å². The Labute approximate surface area is 172 Å². The van der Waals surface area contributed by atoms with Crippen LogP contribution in [0.15, 0.2) is 42.5 Å². The van der Waals surface area contributed by atoms with Gasteiger partial charge in [-0.25, -0.2) is 0 Å². The van der Waals surface area contributed by atoms with Gasteiger partial charge in [-0.3, -0.25) is 4.79 Å². The summed E-state index contributed by atoms with van der Waals surface area (Å²) in [7, 11) is 0. The topological polar surface area (TPSA) is 56.8 Å². The largest absolute Gasteiger partial charge is 0.454 e. The van der Waals surface area contributed by atoms with Crippen molar-refractivity contribution in [3.05, 3.63) is 59.2 Å². The van der Waals surface area contributed by atoms with Crippen LogP contribution in [0.5, 0.6) is 11.5 Å². The van der Waals surface area contributed by atoms with Gasteiger partial charge in [0.2, 0.25) is 12.7 Å². The van der Waals surface area contributed by atoms with Gasteiger partial charge in [-0.1, -0.05) is 18.2 Å². The molecule has 1 amide bonds. The Morgan fingerprint density at radius 2 is 1.70 bits per heavy atom. The molecule has 30 heavy (non-hydrogen) atoms. The molecule has 0 saturated carbocycles. The number of halogens is 3. The highest BCUT2D eigenvalue weighted by Gasteiger charge is 2.36. The van der Waals surface area contributed by atoms with Crippen LogP contribution in [0.4, 0.5) is 13.2 Å². The number of alkyl halides is 3. The highest BCUT2D eigenvalue weighted by molar-refractivity contribution is 5.78. The predicted molar refractivity (Wildman–Crippen MR) is 102 cm³/mol. The molecule has 160 valence electrons. The van der Waals surface area contributed by atoms with E-state index in [-0.39, 0.29) is 24.5 Å². The number of hydrogen-bond donors (Lipinski definition) is 1. The molecule has 0 spiro atoms.